The van der Waals surface area contributed by atoms with Gasteiger partial charge in [0, 0.05) is 25.7 Å². The number of anilines is 1. The summed E-state index contributed by atoms with van der Waals surface area (Å²) in [6.07, 6.45) is 6.22. The van der Waals surface area contributed by atoms with E-state index in [1.165, 1.54) is 12.8 Å². The monoisotopic (exact) mass is 291 g/mol. The van der Waals surface area contributed by atoms with Crippen LogP contribution in [-0.4, -0.2) is 54.6 Å². The predicted molar refractivity (Wildman–Crippen MR) is 87.5 cm³/mol. The topological polar surface area (TPSA) is 44.3 Å². The van der Waals surface area contributed by atoms with Gasteiger partial charge in [0.15, 0.2) is 0 Å². The van der Waals surface area contributed by atoms with E-state index in [0.717, 1.165) is 37.7 Å². The maximum atomic E-state index is 4.58. The molecule has 1 aliphatic rings. The highest BCUT2D eigenvalue weighted by Gasteiger charge is 2.21. The minimum absolute atomic E-state index is 0.662. The summed E-state index contributed by atoms with van der Waals surface area (Å²) in [5.41, 5.74) is 1.02. The van der Waals surface area contributed by atoms with Gasteiger partial charge >= 0.3 is 0 Å². The molecule has 0 atom stereocenters. The second-order valence-electron chi connectivity index (χ2n) is 6.57. The molecular weight excluding hydrogens is 262 g/mol. The van der Waals surface area contributed by atoms with Crippen LogP contribution in [0.2, 0.25) is 0 Å². The standard InChI is InChI=1S/C16H29N5/c1-13(2)9-17-10-14-11-19-16(12-18-14)21-7-5-15(6-8-21)20(3)4/h11-13,15,17H,5-10H2,1-4H3. The van der Waals surface area contributed by atoms with E-state index in [2.05, 4.69) is 53.0 Å². The first-order valence-corrected chi connectivity index (χ1v) is 7.99. The van der Waals surface area contributed by atoms with Gasteiger partial charge in [-0.15, -0.1) is 0 Å². The van der Waals surface area contributed by atoms with Crippen molar-refractivity contribution in [3.63, 3.8) is 0 Å². The van der Waals surface area contributed by atoms with Crippen LogP contribution in [0.3, 0.4) is 0 Å². The summed E-state index contributed by atoms with van der Waals surface area (Å²) in [6.45, 7) is 8.37. The summed E-state index contributed by atoms with van der Waals surface area (Å²) in [6, 6.07) is 0.703. The third kappa shape index (κ3) is 4.93. The molecule has 1 aromatic rings. The Hall–Kier alpha value is -1.20. The van der Waals surface area contributed by atoms with Crippen molar-refractivity contribution in [2.45, 2.75) is 39.3 Å². The first-order valence-electron chi connectivity index (χ1n) is 7.99. The lowest BCUT2D eigenvalue weighted by Crippen LogP contribution is -2.42. The third-order valence-electron chi connectivity index (χ3n) is 4.07. The smallest absolute Gasteiger partial charge is 0.147 e. The van der Waals surface area contributed by atoms with E-state index < -0.39 is 0 Å². The fourth-order valence-electron chi connectivity index (χ4n) is 2.70. The molecule has 1 fully saturated rings. The Kier molecular flexibility index (Phi) is 5.94. The van der Waals surface area contributed by atoms with Gasteiger partial charge in [-0.3, -0.25) is 4.98 Å². The number of piperidine rings is 1. The Balaban J connectivity index is 1.82. The molecule has 0 bridgehead atoms. The van der Waals surface area contributed by atoms with Gasteiger partial charge in [0.05, 0.1) is 18.1 Å². The van der Waals surface area contributed by atoms with Crippen molar-refractivity contribution in [2.75, 3.05) is 38.6 Å². The van der Waals surface area contributed by atoms with E-state index in [1.807, 2.05) is 12.4 Å². The first-order chi connectivity index (χ1) is 10.1. The molecule has 2 rings (SSSR count). The minimum atomic E-state index is 0.662. The molecule has 0 radical (unpaired) electrons. The summed E-state index contributed by atoms with van der Waals surface area (Å²) in [7, 11) is 4.33. The van der Waals surface area contributed by atoms with Crippen LogP contribution in [0, 0.1) is 5.92 Å². The van der Waals surface area contributed by atoms with Crippen molar-refractivity contribution < 1.29 is 0 Å². The van der Waals surface area contributed by atoms with Gasteiger partial charge in [-0.2, -0.15) is 0 Å². The van der Waals surface area contributed by atoms with Gasteiger partial charge in [-0.05, 0) is 39.4 Å². The summed E-state index contributed by atoms with van der Waals surface area (Å²) < 4.78 is 0. The fraction of sp³-hybridized carbons (Fsp3) is 0.750. The van der Waals surface area contributed by atoms with Gasteiger partial charge in [-0.1, -0.05) is 13.8 Å². The van der Waals surface area contributed by atoms with Crippen LogP contribution >= 0.6 is 0 Å². The molecule has 0 saturated carbocycles. The molecular formula is C16H29N5. The van der Waals surface area contributed by atoms with Crippen LogP contribution < -0.4 is 10.2 Å². The average molecular weight is 291 g/mol. The molecule has 1 N–H and O–H groups in total. The highest BCUT2D eigenvalue weighted by molar-refractivity contribution is 5.36. The molecule has 0 amide bonds. The number of nitrogens with one attached hydrogen (secondary N) is 1. The van der Waals surface area contributed by atoms with E-state index in [-0.39, 0.29) is 0 Å². The van der Waals surface area contributed by atoms with E-state index >= 15 is 0 Å². The van der Waals surface area contributed by atoms with Crippen LogP contribution in [-0.2, 0) is 6.54 Å². The molecule has 1 saturated heterocycles. The van der Waals surface area contributed by atoms with Crippen LogP contribution in [0.25, 0.3) is 0 Å². The highest BCUT2D eigenvalue weighted by Crippen LogP contribution is 2.19. The summed E-state index contributed by atoms with van der Waals surface area (Å²) in [5, 5.41) is 3.40. The highest BCUT2D eigenvalue weighted by atomic mass is 15.2. The molecule has 1 aromatic heterocycles. The fourth-order valence-corrected chi connectivity index (χ4v) is 2.70. The van der Waals surface area contributed by atoms with Crippen LogP contribution in [0.5, 0.6) is 0 Å². The van der Waals surface area contributed by atoms with Crippen molar-refractivity contribution in [1.29, 1.82) is 0 Å². The molecule has 5 nitrogen and oxygen atoms in total. The molecule has 2 heterocycles. The molecule has 0 spiro atoms. The first kappa shape index (κ1) is 16.2. The van der Waals surface area contributed by atoms with Gasteiger partial charge in [0.1, 0.15) is 5.82 Å². The predicted octanol–water partition coefficient (Wildman–Crippen LogP) is 1.75. The number of hydrogen-bond donors (Lipinski definition) is 1. The molecule has 21 heavy (non-hydrogen) atoms. The maximum Gasteiger partial charge on any atom is 0.147 e. The van der Waals surface area contributed by atoms with Crippen molar-refractivity contribution in [3.05, 3.63) is 18.1 Å². The lowest BCUT2D eigenvalue weighted by atomic mass is 10.0. The summed E-state index contributed by atoms with van der Waals surface area (Å²) in [4.78, 5) is 13.8. The van der Waals surface area contributed by atoms with Crippen molar-refractivity contribution in [3.8, 4) is 0 Å². The molecule has 0 aromatic carbocycles. The zero-order valence-electron chi connectivity index (χ0n) is 13.8. The van der Waals surface area contributed by atoms with E-state index in [1.54, 1.807) is 0 Å². The quantitative estimate of drug-likeness (QED) is 0.865. The van der Waals surface area contributed by atoms with Crippen molar-refractivity contribution >= 4 is 5.82 Å². The Labute approximate surface area is 128 Å². The summed E-state index contributed by atoms with van der Waals surface area (Å²) in [5.74, 6) is 1.68. The van der Waals surface area contributed by atoms with Gasteiger partial charge in [0.25, 0.3) is 0 Å². The zero-order chi connectivity index (χ0) is 15.2. The average Bonchev–Trinajstić information content (AvgIpc) is 2.48. The normalized spacial score (nSPS) is 17.0. The maximum absolute atomic E-state index is 4.58. The van der Waals surface area contributed by atoms with Gasteiger partial charge in [0.2, 0.25) is 0 Å². The number of rotatable bonds is 6. The van der Waals surface area contributed by atoms with Crippen LogP contribution in [0.4, 0.5) is 5.82 Å². The van der Waals surface area contributed by atoms with Gasteiger partial charge < -0.3 is 15.1 Å². The number of aromatic nitrogens is 2. The molecule has 1 aliphatic heterocycles. The molecule has 0 unspecified atom stereocenters. The molecule has 118 valence electrons. The number of hydrogen-bond acceptors (Lipinski definition) is 5. The van der Waals surface area contributed by atoms with Crippen LogP contribution in [0.15, 0.2) is 12.4 Å². The van der Waals surface area contributed by atoms with Crippen LogP contribution in [0.1, 0.15) is 32.4 Å². The Bertz CT molecular complexity index is 407. The summed E-state index contributed by atoms with van der Waals surface area (Å²) >= 11 is 0. The SMILES string of the molecule is CC(C)CNCc1cnc(N2CCC(N(C)C)CC2)cn1. The lowest BCUT2D eigenvalue weighted by Gasteiger charge is -2.35. The van der Waals surface area contributed by atoms with Crippen molar-refractivity contribution in [2.24, 2.45) is 5.92 Å². The van der Waals surface area contributed by atoms with E-state index in [4.69, 9.17) is 0 Å². The Morgan fingerprint density at radius 2 is 1.95 bits per heavy atom. The molecule has 0 aliphatic carbocycles. The van der Waals surface area contributed by atoms with Gasteiger partial charge in [-0.25, -0.2) is 4.98 Å². The van der Waals surface area contributed by atoms with E-state index in [9.17, 15) is 0 Å². The zero-order valence-corrected chi connectivity index (χ0v) is 13.8. The molecule has 5 heteroatoms. The van der Waals surface area contributed by atoms with Crippen molar-refractivity contribution in [1.82, 2.24) is 20.2 Å². The largest absolute Gasteiger partial charge is 0.355 e. The number of nitrogens with zero attached hydrogens (tertiary/aromatic N) is 4. The Morgan fingerprint density at radius 3 is 2.48 bits per heavy atom. The minimum Gasteiger partial charge on any atom is -0.355 e. The second kappa shape index (κ2) is 7.71. The Morgan fingerprint density at radius 1 is 1.24 bits per heavy atom. The second-order valence-corrected chi connectivity index (χ2v) is 6.57. The third-order valence-corrected chi connectivity index (χ3v) is 4.07. The lowest BCUT2D eigenvalue weighted by molar-refractivity contribution is 0.249. The van der Waals surface area contributed by atoms with E-state index in [0.29, 0.717) is 12.0 Å².